The minimum absolute atomic E-state index is 0.142. The average Bonchev–Trinajstić information content (AvgIpc) is 4.07. The fourth-order valence-corrected chi connectivity index (χ4v) is 11.5. The molecule has 15 heteroatoms. The Morgan fingerprint density at radius 1 is 0.576 bits per heavy atom. The third-order valence-corrected chi connectivity index (χ3v) is 14.8. The van der Waals surface area contributed by atoms with Crippen molar-refractivity contribution in [1.82, 2.24) is 9.97 Å². The number of para-hydroxylation sites is 2. The second-order valence-electron chi connectivity index (χ2n) is 13.0. The third-order valence-electron chi connectivity index (χ3n) is 9.27. The summed E-state index contributed by atoms with van der Waals surface area (Å²) >= 11 is 2.54. The van der Waals surface area contributed by atoms with Gasteiger partial charge in [0.2, 0.25) is 0 Å². The van der Waals surface area contributed by atoms with Crippen molar-refractivity contribution in [3.05, 3.63) is 186 Å². The molecule has 0 fully saturated rings. The number of aromatic hydroxyl groups is 1. The van der Waals surface area contributed by atoms with Gasteiger partial charge in [0.15, 0.2) is 10.3 Å². The van der Waals surface area contributed by atoms with E-state index in [0.717, 1.165) is 34.1 Å². The van der Waals surface area contributed by atoms with Crippen molar-refractivity contribution >= 4 is 53.0 Å². The van der Waals surface area contributed by atoms with Gasteiger partial charge < -0.3 is 9.84 Å². The van der Waals surface area contributed by atoms with Gasteiger partial charge in [-0.05, 0) is 70.8 Å². The highest BCUT2D eigenvalue weighted by molar-refractivity contribution is 7.93. The lowest BCUT2D eigenvalue weighted by molar-refractivity contribution is 0.477. The van der Waals surface area contributed by atoms with Crippen LogP contribution >= 0.6 is 22.7 Å². The highest BCUT2D eigenvalue weighted by atomic mass is 32.2. The summed E-state index contributed by atoms with van der Waals surface area (Å²) in [5.74, 6) is 1.22. The van der Waals surface area contributed by atoms with Gasteiger partial charge in [-0.1, -0.05) is 97.1 Å². The fraction of sp³-hybridized carbons (Fsp3) is 0.0455. The molecule has 2 aliphatic heterocycles. The van der Waals surface area contributed by atoms with Crippen LogP contribution in [0.15, 0.2) is 179 Å². The van der Waals surface area contributed by atoms with Crippen LogP contribution in [0.4, 0.5) is 14.7 Å². The molecule has 0 amide bonds. The Kier molecular flexibility index (Phi) is 11.3. The Balaban J connectivity index is 0.000000136. The number of halogens is 1. The Hall–Kier alpha value is -6.39. The largest absolute Gasteiger partial charge is 0.507 e. The number of thiazole rings is 2. The van der Waals surface area contributed by atoms with Crippen LogP contribution < -0.4 is 13.3 Å². The van der Waals surface area contributed by atoms with Gasteiger partial charge in [-0.15, -0.1) is 22.7 Å². The molecule has 59 heavy (non-hydrogen) atoms. The first-order valence-corrected chi connectivity index (χ1v) is 22.6. The lowest BCUT2D eigenvalue weighted by Gasteiger charge is -2.12. The number of anilines is 2. The molecule has 1 N–H and O–H groups in total. The predicted octanol–water partition coefficient (Wildman–Crippen LogP) is 10.4. The molecule has 0 atom stereocenters. The molecule has 6 aromatic carbocycles. The van der Waals surface area contributed by atoms with E-state index < -0.39 is 25.9 Å². The minimum atomic E-state index is -3.58. The maximum atomic E-state index is 13.1. The predicted molar refractivity (Wildman–Crippen MR) is 229 cm³/mol. The molecule has 0 radical (unpaired) electrons. The number of fused-ring (bicyclic) bond motifs is 2. The van der Waals surface area contributed by atoms with Gasteiger partial charge in [-0.25, -0.2) is 39.8 Å². The summed E-state index contributed by atoms with van der Waals surface area (Å²) in [5.41, 5.74) is 5.13. The third kappa shape index (κ3) is 8.31. The number of phenolic OH excluding ortho intramolecular Hbond substituents is 1. The number of ether oxygens (including phenoxy) is 1. The molecule has 296 valence electrons. The number of sulfonamides is 2. The second-order valence-corrected chi connectivity index (χ2v) is 18.4. The highest BCUT2D eigenvalue weighted by Gasteiger charge is 2.37. The molecule has 0 aliphatic carbocycles. The normalized spacial score (nSPS) is 14.3. The summed E-state index contributed by atoms with van der Waals surface area (Å²) in [6, 6.07) is 43.8. The molecule has 0 spiro atoms. The number of rotatable bonds is 6. The molecule has 10 rings (SSSR count). The highest BCUT2D eigenvalue weighted by Crippen LogP contribution is 2.40. The lowest BCUT2D eigenvalue weighted by Crippen LogP contribution is -2.23. The standard InChI is InChI=1S/C22H16N2O3S2.C12H10O.C10H7FN2O2S2/c25-29(26)21-11-10-18(14-17(21)15-24(29)22-23-12-13-28-22)27-20-9-5-4-8-19(20)16-6-2-1-3-7-16;13-12-9-5-4-8-11(12)10-6-2-1-3-7-10;11-8-1-2-9-7(5-8)6-13(17(9,14)15)10-12-3-4-16-10/h1-14H,15H2;1-9,13H;1-5H,6H2. The molecule has 2 aliphatic rings. The molecule has 8 aromatic rings. The van der Waals surface area contributed by atoms with Crippen molar-refractivity contribution in [2.75, 3.05) is 8.61 Å². The van der Waals surface area contributed by atoms with Crippen LogP contribution in [-0.2, 0) is 33.1 Å². The number of benzene rings is 6. The van der Waals surface area contributed by atoms with E-state index in [9.17, 15) is 26.3 Å². The van der Waals surface area contributed by atoms with Gasteiger partial charge in [0.1, 0.15) is 23.1 Å². The van der Waals surface area contributed by atoms with Gasteiger partial charge in [-0.2, -0.15) is 0 Å². The molecule has 4 heterocycles. The van der Waals surface area contributed by atoms with Gasteiger partial charge in [0.25, 0.3) is 20.0 Å². The van der Waals surface area contributed by atoms with Crippen LogP contribution in [0, 0.1) is 5.82 Å². The number of aromatic nitrogens is 2. The van der Waals surface area contributed by atoms with Crippen LogP contribution in [0.25, 0.3) is 22.3 Å². The molecular formula is C44H33FN4O6S4. The van der Waals surface area contributed by atoms with Crippen LogP contribution in [0.5, 0.6) is 17.2 Å². The topological polar surface area (TPSA) is 130 Å². The Morgan fingerprint density at radius 2 is 1.07 bits per heavy atom. The maximum absolute atomic E-state index is 13.1. The van der Waals surface area contributed by atoms with Crippen molar-refractivity contribution in [2.45, 2.75) is 22.9 Å². The first kappa shape index (κ1) is 39.4. The van der Waals surface area contributed by atoms with Crippen molar-refractivity contribution in [3.8, 4) is 39.5 Å². The number of nitrogens with zero attached hydrogens (tertiary/aromatic N) is 4. The van der Waals surface area contributed by atoms with Gasteiger partial charge in [0, 0.05) is 34.3 Å². The maximum Gasteiger partial charge on any atom is 0.266 e. The van der Waals surface area contributed by atoms with Crippen LogP contribution in [-0.4, -0.2) is 31.9 Å². The summed E-state index contributed by atoms with van der Waals surface area (Å²) in [6.45, 7) is 0.394. The van der Waals surface area contributed by atoms with Crippen molar-refractivity contribution < 1.29 is 31.1 Å². The quantitative estimate of drug-likeness (QED) is 0.175. The Morgan fingerprint density at radius 3 is 1.63 bits per heavy atom. The minimum Gasteiger partial charge on any atom is -0.507 e. The zero-order valence-electron chi connectivity index (χ0n) is 30.9. The zero-order chi connectivity index (χ0) is 41.0. The first-order valence-electron chi connectivity index (χ1n) is 18.0. The molecule has 10 nitrogen and oxygen atoms in total. The van der Waals surface area contributed by atoms with E-state index in [1.54, 1.807) is 47.4 Å². The Bertz CT molecular complexity index is 2940. The SMILES string of the molecule is O=S1(=O)c2ccc(F)cc2CN1c1nccs1.O=S1(=O)c2ccc(Oc3ccccc3-c3ccccc3)cc2CN1c1nccs1.Oc1ccccc1-c1ccccc1. The molecule has 0 saturated carbocycles. The summed E-state index contributed by atoms with van der Waals surface area (Å²) < 4.78 is 71.8. The molecule has 0 unspecified atom stereocenters. The number of phenols is 1. The number of hydrogen-bond donors (Lipinski definition) is 1. The van der Waals surface area contributed by atoms with Crippen LogP contribution in [0.3, 0.4) is 0 Å². The van der Waals surface area contributed by atoms with Crippen molar-refractivity contribution in [3.63, 3.8) is 0 Å². The zero-order valence-corrected chi connectivity index (χ0v) is 34.1. The number of hydrogen-bond acceptors (Lipinski definition) is 10. The second kappa shape index (κ2) is 16.8. The Labute approximate surface area is 348 Å². The smallest absolute Gasteiger partial charge is 0.266 e. The van der Waals surface area contributed by atoms with Gasteiger partial charge in [0.05, 0.1) is 22.9 Å². The molecule has 0 saturated heterocycles. The summed E-state index contributed by atoms with van der Waals surface area (Å²) in [6.07, 6.45) is 3.15. The van der Waals surface area contributed by atoms with Crippen LogP contribution in [0.1, 0.15) is 11.1 Å². The average molecular weight is 861 g/mol. The van der Waals surface area contributed by atoms with Crippen LogP contribution in [0.2, 0.25) is 0 Å². The first-order chi connectivity index (χ1) is 28.6. The van der Waals surface area contributed by atoms with E-state index >= 15 is 0 Å². The summed E-state index contributed by atoms with van der Waals surface area (Å²) in [4.78, 5) is 8.58. The summed E-state index contributed by atoms with van der Waals surface area (Å²) in [5, 5.41) is 13.9. The van der Waals surface area contributed by atoms with E-state index in [-0.39, 0.29) is 18.0 Å². The van der Waals surface area contributed by atoms with E-state index in [4.69, 9.17) is 4.74 Å². The van der Waals surface area contributed by atoms with Gasteiger partial charge >= 0.3 is 0 Å². The molecule has 0 bridgehead atoms. The lowest BCUT2D eigenvalue weighted by atomic mass is 10.0. The molecular weight excluding hydrogens is 828 g/mol. The summed E-state index contributed by atoms with van der Waals surface area (Å²) in [7, 11) is -7.16. The monoisotopic (exact) mass is 860 g/mol. The van der Waals surface area contributed by atoms with Crippen molar-refractivity contribution in [1.29, 1.82) is 0 Å². The fourth-order valence-electron chi connectivity index (χ4n) is 6.53. The van der Waals surface area contributed by atoms with E-state index in [1.807, 2.05) is 103 Å². The van der Waals surface area contributed by atoms with Crippen molar-refractivity contribution in [2.24, 2.45) is 0 Å². The van der Waals surface area contributed by atoms with E-state index in [2.05, 4.69) is 9.97 Å². The molecule has 2 aromatic heterocycles. The van der Waals surface area contributed by atoms with E-state index in [0.29, 0.717) is 37.8 Å². The van der Waals surface area contributed by atoms with Gasteiger partial charge in [-0.3, -0.25) is 0 Å². The van der Waals surface area contributed by atoms with E-state index in [1.165, 1.54) is 43.4 Å².